The molecule has 0 unspecified atom stereocenters. The number of ether oxygens (including phenoxy) is 1. The maximum absolute atomic E-state index is 11.7. The van der Waals surface area contributed by atoms with Crippen molar-refractivity contribution in [2.45, 2.75) is 6.42 Å². The molecule has 0 fully saturated rings. The van der Waals surface area contributed by atoms with Gasteiger partial charge >= 0.3 is 5.97 Å². The van der Waals surface area contributed by atoms with Crippen LogP contribution in [0.25, 0.3) is 6.08 Å². The van der Waals surface area contributed by atoms with Crippen LogP contribution in [-0.2, 0) is 19.1 Å². The van der Waals surface area contributed by atoms with Crippen LogP contribution in [0, 0.1) is 0 Å². The van der Waals surface area contributed by atoms with E-state index in [4.69, 9.17) is 0 Å². The Morgan fingerprint density at radius 3 is 2.45 bits per heavy atom. The summed E-state index contributed by atoms with van der Waals surface area (Å²) in [4.78, 5) is 35.6. The highest BCUT2D eigenvalue weighted by Crippen LogP contribution is 2.01. The fourth-order valence-electron chi connectivity index (χ4n) is 1.46. The number of amides is 1. The number of carbonyl (C=O) groups excluding carboxylic acids is 3. The molecule has 1 aromatic carbocycles. The van der Waals surface area contributed by atoms with E-state index in [2.05, 4.69) is 4.74 Å². The van der Waals surface area contributed by atoms with Crippen molar-refractivity contribution in [3.8, 4) is 0 Å². The van der Waals surface area contributed by atoms with Gasteiger partial charge in [-0.15, -0.1) is 0 Å². The molecule has 0 aliphatic carbocycles. The average molecular weight is 275 g/mol. The van der Waals surface area contributed by atoms with Gasteiger partial charge in [0.1, 0.15) is 0 Å². The highest BCUT2D eigenvalue weighted by Gasteiger charge is 2.16. The van der Waals surface area contributed by atoms with Gasteiger partial charge in [-0.2, -0.15) is 0 Å². The van der Waals surface area contributed by atoms with E-state index in [1.54, 1.807) is 6.08 Å². The first-order chi connectivity index (χ1) is 9.54. The number of ketones is 1. The van der Waals surface area contributed by atoms with E-state index in [1.807, 2.05) is 30.3 Å². The van der Waals surface area contributed by atoms with E-state index in [0.717, 1.165) is 5.56 Å². The number of likely N-dealkylation sites (N-methyl/N-ethyl adjacent to an activating group) is 1. The maximum Gasteiger partial charge on any atom is 0.307 e. The zero-order chi connectivity index (χ0) is 15.0. The molecular formula is C15H17NO4. The highest BCUT2D eigenvalue weighted by atomic mass is 16.5. The largest absolute Gasteiger partial charge is 0.469 e. The standard InChI is InChI=1S/C15H17NO4/c1-16(11-10-14(18)20-2)15(19)13(17)9-8-12-6-4-3-5-7-12/h3-9H,10-11H2,1-2H3. The van der Waals surface area contributed by atoms with Gasteiger partial charge in [-0.05, 0) is 11.6 Å². The van der Waals surface area contributed by atoms with Crippen molar-refractivity contribution < 1.29 is 19.1 Å². The summed E-state index contributed by atoms with van der Waals surface area (Å²) in [6.07, 6.45) is 2.87. The summed E-state index contributed by atoms with van der Waals surface area (Å²) in [6.45, 7) is 0.149. The number of benzene rings is 1. The van der Waals surface area contributed by atoms with Gasteiger partial charge in [-0.25, -0.2) is 0 Å². The number of rotatable bonds is 6. The Hall–Kier alpha value is -2.43. The van der Waals surface area contributed by atoms with Crippen LogP contribution in [0.4, 0.5) is 0 Å². The van der Waals surface area contributed by atoms with Crippen LogP contribution in [0.3, 0.4) is 0 Å². The molecule has 0 spiro atoms. The third-order valence-corrected chi connectivity index (χ3v) is 2.66. The molecular weight excluding hydrogens is 258 g/mol. The molecule has 1 amide bonds. The number of nitrogens with zero attached hydrogens (tertiary/aromatic N) is 1. The molecule has 0 saturated carbocycles. The lowest BCUT2D eigenvalue weighted by molar-refractivity contribution is -0.144. The minimum absolute atomic E-state index is 0.0639. The van der Waals surface area contributed by atoms with Gasteiger partial charge in [0, 0.05) is 13.6 Å². The summed E-state index contributed by atoms with van der Waals surface area (Å²) in [5.74, 6) is -1.70. The highest BCUT2D eigenvalue weighted by molar-refractivity contribution is 6.41. The van der Waals surface area contributed by atoms with Crippen molar-refractivity contribution in [2.75, 3.05) is 20.7 Å². The number of methoxy groups -OCH3 is 1. The fourth-order valence-corrected chi connectivity index (χ4v) is 1.46. The average Bonchev–Trinajstić information content (AvgIpc) is 2.49. The third kappa shape index (κ3) is 5.06. The van der Waals surface area contributed by atoms with E-state index in [-0.39, 0.29) is 13.0 Å². The van der Waals surface area contributed by atoms with Crippen LogP contribution in [0.5, 0.6) is 0 Å². The van der Waals surface area contributed by atoms with Crippen molar-refractivity contribution in [3.05, 3.63) is 42.0 Å². The van der Waals surface area contributed by atoms with Crippen LogP contribution < -0.4 is 0 Å². The molecule has 0 radical (unpaired) electrons. The van der Waals surface area contributed by atoms with Gasteiger partial charge in [0.2, 0.25) is 5.78 Å². The Balaban J connectivity index is 2.52. The molecule has 0 aliphatic rings. The van der Waals surface area contributed by atoms with Crippen molar-refractivity contribution in [2.24, 2.45) is 0 Å². The molecule has 106 valence electrons. The SMILES string of the molecule is COC(=O)CCN(C)C(=O)C(=O)C=Cc1ccccc1. The number of hydrogen-bond donors (Lipinski definition) is 0. The zero-order valence-electron chi connectivity index (χ0n) is 11.5. The maximum atomic E-state index is 11.7. The summed E-state index contributed by atoms with van der Waals surface area (Å²) >= 11 is 0. The second-order valence-corrected chi connectivity index (χ2v) is 4.16. The normalized spacial score (nSPS) is 10.3. The van der Waals surface area contributed by atoms with E-state index < -0.39 is 17.7 Å². The van der Waals surface area contributed by atoms with Gasteiger partial charge in [0.05, 0.1) is 13.5 Å². The lowest BCUT2D eigenvalue weighted by atomic mass is 10.2. The monoisotopic (exact) mass is 275 g/mol. The Labute approximate surface area is 117 Å². The molecule has 1 aromatic rings. The van der Waals surface area contributed by atoms with Crippen molar-refractivity contribution in [3.63, 3.8) is 0 Å². The first-order valence-corrected chi connectivity index (χ1v) is 6.14. The summed E-state index contributed by atoms with van der Waals surface area (Å²) in [6, 6.07) is 9.21. The molecule has 0 bridgehead atoms. The molecule has 1 rings (SSSR count). The van der Waals surface area contributed by atoms with Crippen LogP contribution in [0.2, 0.25) is 0 Å². The van der Waals surface area contributed by atoms with Gasteiger partial charge in [0.25, 0.3) is 5.91 Å². The van der Waals surface area contributed by atoms with Crippen molar-refractivity contribution in [1.29, 1.82) is 0 Å². The second-order valence-electron chi connectivity index (χ2n) is 4.16. The predicted octanol–water partition coefficient (Wildman–Crippen LogP) is 1.29. The Bertz CT molecular complexity index is 508. The first kappa shape index (κ1) is 15.6. The third-order valence-electron chi connectivity index (χ3n) is 2.66. The van der Waals surface area contributed by atoms with E-state index >= 15 is 0 Å². The number of hydrogen-bond acceptors (Lipinski definition) is 4. The van der Waals surface area contributed by atoms with Crippen LogP contribution >= 0.6 is 0 Å². The molecule has 0 heterocycles. The molecule has 0 atom stereocenters. The topological polar surface area (TPSA) is 63.7 Å². The second kappa shape index (κ2) is 7.89. The number of carbonyl (C=O) groups is 3. The summed E-state index contributed by atoms with van der Waals surface area (Å²) in [7, 11) is 2.75. The minimum Gasteiger partial charge on any atom is -0.469 e. The molecule has 5 heteroatoms. The number of esters is 1. The Kier molecular flexibility index (Phi) is 6.16. The summed E-state index contributed by atoms with van der Waals surface area (Å²) in [5, 5.41) is 0. The zero-order valence-corrected chi connectivity index (χ0v) is 11.5. The molecule has 0 N–H and O–H groups in total. The Morgan fingerprint density at radius 1 is 1.20 bits per heavy atom. The fraction of sp³-hybridized carbons (Fsp3) is 0.267. The first-order valence-electron chi connectivity index (χ1n) is 6.14. The van der Waals surface area contributed by atoms with Gasteiger partial charge in [-0.1, -0.05) is 36.4 Å². The lowest BCUT2D eigenvalue weighted by Crippen LogP contribution is -2.34. The van der Waals surface area contributed by atoms with Crippen LogP contribution in [0.1, 0.15) is 12.0 Å². The van der Waals surface area contributed by atoms with Crippen molar-refractivity contribution in [1.82, 2.24) is 4.90 Å². The van der Waals surface area contributed by atoms with E-state index in [0.29, 0.717) is 0 Å². The molecule has 0 aliphatic heterocycles. The quantitative estimate of drug-likeness (QED) is 0.446. The smallest absolute Gasteiger partial charge is 0.307 e. The molecule has 0 saturated heterocycles. The predicted molar refractivity (Wildman–Crippen MR) is 74.8 cm³/mol. The van der Waals surface area contributed by atoms with Gasteiger partial charge in [0.15, 0.2) is 0 Å². The van der Waals surface area contributed by atoms with Crippen LogP contribution in [-0.4, -0.2) is 43.3 Å². The Morgan fingerprint density at radius 2 is 1.85 bits per heavy atom. The van der Waals surface area contributed by atoms with Gasteiger partial charge in [-0.3, -0.25) is 14.4 Å². The summed E-state index contributed by atoms with van der Waals surface area (Å²) < 4.78 is 4.47. The van der Waals surface area contributed by atoms with Crippen molar-refractivity contribution >= 4 is 23.7 Å². The molecule has 20 heavy (non-hydrogen) atoms. The molecule has 5 nitrogen and oxygen atoms in total. The van der Waals surface area contributed by atoms with E-state index in [1.165, 1.54) is 25.1 Å². The van der Waals surface area contributed by atoms with Crippen LogP contribution in [0.15, 0.2) is 36.4 Å². The molecule has 0 aromatic heterocycles. The van der Waals surface area contributed by atoms with Gasteiger partial charge < -0.3 is 9.64 Å². The minimum atomic E-state index is -0.652. The lowest BCUT2D eigenvalue weighted by Gasteiger charge is -2.14. The van der Waals surface area contributed by atoms with E-state index in [9.17, 15) is 14.4 Å². The summed E-state index contributed by atoms with van der Waals surface area (Å²) in [5.41, 5.74) is 0.839.